The van der Waals surface area contributed by atoms with Gasteiger partial charge < -0.3 is 0 Å². The summed E-state index contributed by atoms with van der Waals surface area (Å²) in [5.41, 5.74) is 4.50. The van der Waals surface area contributed by atoms with Crippen molar-refractivity contribution in [3.05, 3.63) is 65.6 Å². The lowest BCUT2D eigenvalue weighted by atomic mass is 10.0. The maximum atomic E-state index is 14.2. The molecule has 2 heteroatoms. The Morgan fingerprint density at radius 2 is 1.38 bits per heavy atom. The quantitative estimate of drug-likeness (QED) is 0.187. The van der Waals surface area contributed by atoms with Gasteiger partial charge in [-0.1, -0.05) is 157 Å². The van der Waals surface area contributed by atoms with Gasteiger partial charge in [0.15, 0.2) is 0 Å². The number of unbranched alkanes of at least 4 members (excludes halogenated alkanes) is 5. The Morgan fingerprint density at radius 3 is 1.82 bits per heavy atom. The summed E-state index contributed by atoms with van der Waals surface area (Å²) in [6, 6.07) is 9.33. The van der Waals surface area contributed by atoms with Crippen LogP contribution in [0, 0.1) is 11.7 Å². The minimum absolute atomic E-state index is 0.191. The molecule has 1 saturated carbocycles. The average Bonchev–Trinajstić information content (AvgIpc) is 3.49. The summed E-state index contributed by atoms with van der Waals surface area (Å²) < 4.78 is 14.2. The van der Waals surface area contributed by atoms with Crippen LogP contribution in [0.4, 0.5) is 4.39 Å². The van der Waals surface area contributed by atoms with Crippen molar-refractivity contribution in [1.82, 2.24) is 4.98 Å². The Morgan fingerprint density at radius 1 is 0.800 bits per heavy atom. The van der Waals surface area contributed by atoms with E-state index in [1.807, 2.05) is 58.9 Å². The molecule has 1 aromatic heterocycles. The maximum Gasteiger partial charge on any atom is 0.132 e. The molecule has 0 spiro atoms. The Bertz CT molecular complexity index is 814. The van der Waals surface area contributed by atoms with E-state index in [1.54, 1.807) is 12.3 Å². The third kappa shape index (κ3) is 20.0. The highest BCUT2D eigenvalue weighted by Crippen LogP contribution is 2.28. The van der Waals surface area contributed by atoms with Crippen LogP contribution in [0.3, 0.4) is 0 Å². The molecule has 40 heavy (non-hydrogen) atoms. The predicted octanol–water partition coefficient (Wildman–Crippen LogP) is 13.4. The first-order valence-corrected chi connectivity index (χ1v) is 16.8. The van der Waals surface area contributed by atoms with Crippen molar-refractivity contribution in [2.75, 3.05) is 0 Å². The van der Waals surface area contributed by atoms with E-state index in [4.69, 9.17) is 0 Å². The van der Waals surface area contributed by atoms with Gasteiger partial charge in [-0.15, -0.1) is 0 Å². The van der Waals surface area contributed by atoms with Crippen LogP contribution in [0.1, 0.15) is 157 Å². The molecule has 1 fully saturated rings. The Kier molecular flexibility index (Phi) is 28.7. The number of hydrogen-bond donors (Lipinski definition) is 0. The first-order valence-electron chi connectivity index (χ1n) is 16.8. The van der Waals surface area contributed by atoms with Crippen molar-refractivity contribution in [3.8, 4) is 11.3 Å². The second kappa shape index (κ2) is 28.6. The van der Waals surface area contributed by atoms with Gasteiger partial charge in [-0.3, -0.25) is 4.98 Å². The van der Waals surface area contributed by atoms with E-state index in [1.165, 1.54) is 70.6 Å². The Hall–Kier alpha value is -1.96. The van der Waals surface area contributed by atoms with Crippen molar-refractivity contribution in [2.45, 2.75) is 159 Å². The van der Waals surface area contributed by atoms with Crippen LogP contribution < -0.4 is 0 Å². The number of rotatable bonds is 12. The summed E-state index contributed by atoms with van der Waals surface area (Å²) in [7, 11) is 0. The lowest BCUT2D eigenvalue weighted by Gasteiger charge is -2.07. The highest BCUT2D eigenvalue weighted by atomic mass is 19.1. The summed E-state index contributed by atoms with van der Waals surface area (Å²) in [4.78, 5) is 4.37. The summed E-state index contributed by atoms with van der Waals surface area (Å²) in [6.45, 7) is 22.8. The van der Waals surface area contributed by atoms with Crippen LogP contribution in [0.25, 0.3) is 11.3 Å². The number of nitrogens with zero attached hydrogens (tertiary/aromatic N) is 1. The van der Waals surface area contributed by atoms with Gasteiger partial charge in [0, 0.05) is 11.8 Å². The first kappa shape index (κ1) is 40.2. The molecule has 0 unspecified atom stereocenters. The van der Waals surface area contributed by atoms with Gasteiger partial charge in [0.2, 0.25) is 0 Å². The minimum atomic E-state index is -0.191. The molecule has 1 aromatic carbocycles. The smallest absolute Gasteiger partial charge is 0.132 e. The van der Waals surface area contributed by atoms with Gasteiger partial charge in [0.25, 0.3) is 0 Å². The summed E-state index contributed by atoms with van der Waals surface area (Å²) >= 11 is 0. The zero-order valence-electron chi connectivity index (χ0n) is 28.2. The number of aryl methyl sites for hydroxylation is 1. The molecular formula is C38H66FN. The average molecular weight is 556 g/mol. The lowest BCUT2D eigenvalue weighted by molar-refractivity contribution is 0.496. The fourth-order valence-electron chi connectivity index (χ4n) is 4.72. The standard InChI is InChI=1S/C19H22FN.C8H16.C7H16.2C2H6/c1-4-5-6-15-7-9-17(18(20)12-15)19-10-8-16(13-21-19)11-14(2)3;1-2-5-8-6-3-4-7-8;1-3-5-7-6-4-2;2*1-2/h7-10,12-13H,2,4-6,11H2,1,3H3;8H,2-7H2,1H3;3-7H2,1-2H3;2*1-2H3. The zero-order chi connectivity index (χ0) is 30.6. The van der Waals surface area contributed by atoms with Crippen molar-refractivity contribution in [2.24, 2.45) is 5.92 Å². The van der Waals surface area contributed by atoms with Crippen molar-refractivity contribution in [3.63, 3.8) is 0 Å². The summed E-state index contributed by atoms with van der Waals surface area (Å²) in [5, 5.41) is 0. The number of hydrogen-bond acceptors (Lipinski definition) is 1. The predicted molar refractivity (Wildman–Crippen MR) is 181 cm³/mol. The van der Waals surface area contributed by atoms with Crippen molar-refractivity contribution < 1.29 is 4.39 Å². The largest absolute Gasteiger partial charge is 0.256 e. The van der Waals surface area contributed by atoms with Crippen LogP contribution >= 0.6 is 0 Å². The molecule has 0 aliphatic heterocycles. The molecule has 0 saturated heterocycles. The second-order valence-electron chi connectivity index (χ2n) is 10.6. The molecule has 0 N–H and O–H groups in total. The highest BCUT2D eigenvalue weighted by Gasteiger charge is 2.12. The topological polar surface area (TPSA) is 12.9 Å². The van der Waals surface area contributed by atoms with E-state index in [-0.39, 0.29) is 5.82 Å². The first-order chi connectivity index (χ1) is 19.4. The molecule has 1 heterocycles. The van der Waals surface area contributed by atoms with E-state index in [0.29, 0.717) is 11.3 Å². The number of benzene rings is 1. The molecular weight excluding hydrogens is 489 g/mol. The van der Waals surface area contributed by atoms with E-state index in [2.05, 4.69) is 39.3 Å². The zero-order valence-corrected chi connectivity index (χ0v) is 28.2. The Labute approximate surface area is 250 Å². The Balaban J connectivity index is 0. The van der Waals surface area contributed by atoms with Gasteiger partial charge in [-0.05, 0) is 61.4 Å². The molecule has 3 rings (SSSR count). The van der Waals surface area contributed by atoms with Crippen LogP contribution in [0.15, 0.2) is 48.7 Å². The molecule has 0 radical (unpaired) electrons. The van der Waals surface area contributed by atoms with E-state index in [9.17, 15) is 4.39 Å². The normalized spacial score (nSPS) is 11.9. The third-order valence-corrected chi connectivity index (χ3v) is 6.84. The second-order valence-corrected chi connectivity index (χ2v) is 10.6. The molecule has 230 valence electrons. The van der Waals surface area contributed by atoms with Gasteiger partial charge in [-0.25, -0.2) is 4.39 Å². The van der Waals surface area contributed by atoms with Crippen LogP contribution in [-0.4, -0.2) is 4.98 Å². The maximum absolute atomic E-state index is 14.2. The molecule has 0 bridgehead atoms. The molecule has 0 atom stereocenters. The summed E-state index contributed by atoms with van der Waals surface area (Å²) in [6.07, 6.45) is 21.7. The van der Waals surface area contributed by atoms with Gasteiger partial charge >= 0.3 is 0 Å². The monoisotopic (exact) mass is 556 g/mol. The van der Waals surface area contributed by atoms with Crippen molar-refractivity contribution >= 4 is 0 Å². The fraction of sp³-hybridized carbons (Fsp3) is 0.658. The molecule has 0 amide bonds. The summed E-state index contributed by atoms with van der Waals surface area (Å²) in [5.74, 6) is 0.920. The van der Waals surface area contributed by atoms with E-state index >= 15 is 0 Å². The van der Waals surface area contributed by atoms with Crippen molar-refractivity contribution in [1.29, 1.82) is 0 Å². The SMILES string of the molecule is C=C(C)Cc1ccc(-c2ccc(CCCC)cc2F)nc1.CC.CC.CCCC1CCCC1.CCCCCCC. The number of halogens is 1. The van der Waals surface area contributed by atoms with E-state index < -0.39 is 0 Å². The van der Waals surface area contributed by atoms with Crippen LogP contribution in [-0.2, 0) is 12.8 Å². The molecule has 1 nitrogen and oxygen atoms in total. The lowest BCUT2D eigenvalue weighted by Crippen LogP contribution is -1.93. The third-order valence-electron chi connectivity index (χ3n) is 6.84. The molecule has 2 aromatic rings. The number of allylic oxidation sites excluding steroid dienone is 1. The number of aromatic nitrogens is 1. The van der Waals surface area contributed by atoms with Gasteiger partial charge in [0.1, 0.15) is 5.82 Å². The molecule has 1 aliphatic rings. The molecule has 1 aliphatic carbocycles. The van der Waals surface area contributed by atoms with Gasteiger partial charge in [0.05, 0.1) is 5.69 Å². The number of pyridine rings is 1. The highest BCUT2D eigenvalue weighted by molar-refractivity contribution is 5.60. The fourth-order valence-corrected chi connectivity index (χ4v) is 4.72. The van der Waals surface area contributed by atoms with Crippen LogP contribution in [0.2, 0.25) is 0 Å². The van der Waals surface area contributed by atoms with E-state index in [0.717, 1.165) is 48.3 Å². The van der Waals surface area contributed by atoms with Gasteiger partial charge in [-0.2, -0.15) is 0 Å². The van der Waals surface area contributed by atoms with Crippen LogP contribution in [0.5, 0.6) is 0 Å². The minimum Gasteiger partial charge on any atom is -0.256 e.